The van der Waals surface area contributed by atoms with Crippen molar-refractivity contribution in [2.45, 2.75) is 44.1 Å². The van der Waals surface area contributed by atoms with E-state index in [0.29, 0.717) is 5.92 Å². The number of aliphatic hydroxyl groups is 1. The second-order valence-electron chi connectivity index (χ2n) is 6.55. The Balaban J connectivity index is 1.58. The molecule has 3 aliphatic carbocycles. The van der Waals surface area contributed by atoms with Gasteiger partial charge >= 0.3 is 0 Å². The minimum atomic E-state index is -0.426. The zero-order valence-corrected chi connectivity index (χ0v) is 12.0. The van der Waals surface area contributed by atoms with Crippen LogP contribution >= 0.6 is 22.9 Å². The molecule has 98 valence electrons. The van der Waals surface area contributed by atoms with Crippen molar-refractivity contribution >= 4 is 22.9 Å². The maximum atomic E-state index is 11.1. The van der Waals surface area contributed by atoms with E-state index >= 15 is 0 Å². The highest BCUT2D eigenvalue weighted by atomic mass is 35.5. The van der Waals surface area contributed by atoms with Gasteiger partial charge < -0.3 is 5.11 Å². The molecule has 1 aromatic heterocycles. The van der Waals surface area contributed by atoms with Gasteiger partial charge in [-0.15, -0.1) is 11.3 Å². The average Bonchev–Trinajstić information content (AvgIpc) is 2.99. The molecule has 0 radical (unpaired) electrons. The molecule has 18 heavy (non-hydrogen) atoms. The summed E-state index contributed by atoms with van der Waals surface area (Å²) in [5, 5.41) is 11.1. The highest BCUT2D eigenvalue weighted by Crippen LogP contribution is 2.63. The lowest BCUT2D eigenvalue weighted by Gasteiger charge is -2.38. The Kier molecular flexibility index (Phi) is 2.59. The van der Waals surface area contributed by atoms with Gasteiger partial charge in [-0.25, -0.2) is 0 Å². The van der Waals surface area contributed by atoms with Gasteiger partial charge in [0.15, 0.2) is 0 Å². The van der Waals surface area contributed by atoms with Gasteiger partial charge in [0.2, 0.25) is 0 Å². The molecule has 4 rings (SSSR count). The van der Waals surface area contributed by atoms with Crippen LogP contribution in [0.4, 0.5) is 0 Å². The molecular formula is C15H19ClOS. The van der Waals surface area contributed by atoms with Crippen molar-refractivity contribution in [1.82, 2.24) is 0 Å². The van der Waals surface area contributed by atoms with E-state index in [1.807, 2.05) is 6.07 Å². The smallest absolute Gasteiger partial charge is 0.0931 e. The molecular weight excluding hydrogens is 264 g/mol. The first-order chi connectivity index (χ1) is 8.66. The predicted octanol–water partition coefficient (Wildman–Crippen LogP) is 4.13. The van der Waals surface area contributed by atoms with Crippen LogP contribution in [0.25, 0.3) is 0 Å². The summed E-state index contributed by atoms with van der Waals surface area (Å²) in [5.74, 6) is 3.14. The standard InChI is InChI=1S/C15H19ClOS/c16-14-5-4-10(18-14)8-15(17)7-9-6-13(15)12-3-1-2-11(9)12/h4-5,9,11-13,17H,1-3,6-8H2. The topological polar surface area (TPSA) is 20.2 Å². The highest BCUT2D eigenvalue weighted by molar-refractivity contribution is 7.16. The van der Waals surface area contributed by atoms with Gasteiger partial charge in [0.05, 0.1) is 9.94 Å². The first kappa shape index (κ1) is 11.7. The molecule has 1 heterocycles. The number of fused-ring (bicyclic) bond motifs is 5. The van der Waals surface area contributed by atoms with E-state index in [1.54, 1.807) is 11.3 Å². The second kappa shape index (κ2) is 3.97. The number of hydrogen-bond acceptors (Lipinski definition) is 2. The summed E-state index contributed by atoms with van der Waals surface area (Å²) >= 11 is 7.63. The van der Waals surface area contributed by atoms with Crippen LogP contribution in [-0.2, 0) is 6.42 Å². The molecule has 1 N–H and O–H groups in total. The fraction of sp³-hybridized carbons (Fsp3) is 0.733. The van der Waals surface area contributed by atoms with Crippen molar-refractivity contribution in [2.24, 2.45) is 23.7 Å². The van der Waals surface area contributed by atoms with Crippen LogP contribution in [0.5, 0.6) is 0 Å². The zero-order chi connectivity index (χ0) is 12.3. The molecule has 3 aliphatic rings. The monoisotopic (exact) mass is 282 g/mol. The van der Waals surface area contributed by atoms with Crippen LogP contribution < -0.4 is 0 Å². The normalized spacial score (nSPS) is 45.7. The van der Waals surface area contributed by atoms with E-state index in [2.05, 4.69) is 6.07 Å². The average molecular weight is 283 g/mol. The van der Waals surface area contributed by atoms with Gasteiger partial charge in [0, 0.05) is 11.3 Å². The van der Waals surface area contributed by atoms with Gasteiger partial charge in [-0.1, -0.05) is 18.0 Å². The van der Waals surface area contributed by atoms with Gasteiger partial charge in [-0.3, -0.25) is 0 Å². The van der Waals surface area contributed by atoms with Gasteiger partial charge in [0.25, 0.3) is 0 Å². The van der Waals surface area contributed by atoms with Crippen LogP contribution in [0.2, 0.25) is 4.34 Å². The Hall–Kier alpha value is -0.0500. The first-order valence-corrected chi connectivity index (χ1v) is 8.32. The second-order valence-corrected chi connectivity index (χ2v) is 8.35. The minimum Gasteiger partial charge on any atom is -0.389 e. The third-order valence-corrected chi connectivity index (χ3v) is 6.95. The Morgan fingerprint density at radius 2 is 2.17 bits per heavy atom. The molecule has 0 aliphatic heterocycles. The van der Waals surface area contributed by atoms with Crippen molar-refractivity contribution < 1.29 is 5.11 Å². The van der Waals surface area contributed by atoms with Crippen LogP contribution in [0.3, 0.4) is 0 Å². The van der Waals surface area contributed by atoms with Crippen LogP contribution in [0.15, 0.2) is 12.1 Å². The van der Waals surface area contributed by atoms with Crippen molar-refractivity contribution in [2.75, 3.05) is 0 Å². The summed E-state index contributed by atoms with van der Waals surface area (Å²) in [6.07, 6.45) is 7.32. The summed E-state index contributed by atoms with van der Waals surface area (Å²) in [4.78, 5) is 1.25. The number of rotatable bonds is 2. The van der Waals surface area contributed by atoms with E-state index in [0.717, 1.165) is 34.9 Å². The molecule has 1 nitrogen and oxygen atoms in total. The molecule has 0 spiro atoms. The van der Waals surface area contributed by atoms with Gasteiger partial charge in [-0.2, -0.15) is 0 Å². The highest BCUT2D eigenvalue weighted by Gasteiger charge is 2.60. The molecule has 0 saturated heterocycles. The summed E-state index contributed by atoms with van der Waals surface area (Å²) < 4.78 is 0.843. The first-order valence-electron chi connectivity index (χ1n) is 7.12. The molecule has 5 unspecified atom stereocenters. The quantitative estimate of drug-likeness (QED) is 0.865. The third-order valence-electron chi connectivity index (χ3n) is 5.72. The summed E-state index contributed by atoms with van der Waals surface area (Å²) in [5.41, 5.74) is -0.426. The maximum absolute atomic E-state index is 11.1. The Morgan fingerprint density at radius 1 is 1.33 bits per heavy atom. The Bertz CT molecular complexity index is 471. The van der Waals surface area contributed by atoms with Crippen LogP contribution in [0, 0.1) is 23.7 Å². The van der Waals surface area contributed by atoms with Gasteiger partial charge in [0.1, 0.15) is 0 Å². The van der Waals surface area contributed by atoms with Crippen LogP contribution in [0.1, 0.15) is 37.0 Å². The molecule has 0 amide bonds. The van der Waals surface area contributed by atoms with Crippen molar-refractivity contribution in [3.63, 3.8) is 0 Å². The van der Waals surface area contributed by atoms with E-state index in [9.17, 15) is 5.11 Å². The van der Waals surface area contributed by atoms with Gasteiger partial charge in [-0.05, 0) is 61.5 Å². The fourth-order valence-electron chi connectivity index (χ4n) is 5.19. The molecule has 3 heteroatoms. The Labute approximate surface area is 117 Å². The lowest BCUT2D eigenvalue weighted by atomic mass is 9.71. The van der Waals surface area contributed by atoms with E-state index in [-0.39, 0.29) is 0 Å². The fourth-order valence-corrected chi connectivity index (χ4v) is 6.39. The lowest BCUT2D eigenvalue weighted by Crippen LogP contribution is -2.43. The van der Waals surface area contributed by atoms with Crippen molar-refractivity contribution in [1.29, 1.82) is 0 Å². The molecule has 1 aromatic rings. The van der Waals surface area contributed by atoms with E-state index in [1.165, 1.54) is 30.6 Å². The molecule has 5 atom stereocenters. The molecule has 2 bridgehead atoms. The minimum absolute atomic E-state index is 0.426. The van der Waals surface area contributed by atoms with E-state index in [4.69, 9.17) is 11.6 Å². The van der Waals surface area contributed by atoms with Crippen molar-refractivity contribution in [3.8, 4) is 0 Å². The molecule has 3 saturated carbocycles. The third kappa shape index (κ3) is 1.62. The van der Waals surface area contributed by atoms with Crippen LogP contribution in [-0.4, -0.2) is 10.7 Å². The number of hydrogen-bond donors (Lipinski definition) is 1. The predicted molar refractivity (Wildman–Crippen MR) is 75.0 cm³/mol. The summed E-state index contributed by atoms with van der Waals surface area (Å²) in [6.45, 7) is 0. The molecule has 3 fully saturated rings. The SMILES string of the molecule is OC1(Cc2ccc(Cl)s2)CC2CC1C1CCCC21. The molecule has 0 aromatic carbocycles. The maximum Gasteiger partial charge on any atom is 0.0931 e. The number of halogens is 1. The largest absolute Gasteiger partial charge is 0.389 e. The number of thiophene rings is 1. The lowest BCUT2D eigenvalue weighted by molar-refractivity contribution is -0.0444. The summed E-state index contributed by atoms with van der Waals surface area (Å²) in [7, 11) is 0. The summed E-state index contributed by atoms with van der Waals surface area (Å²) in [6, 6.07) is 4.04. The van der Waals surface area contributed by atoms with Crippen molar-refractivity contribution in [3.05, 3.63) is 21.3 Å². The zero-order valence-electron chi connectivity index (χ0n) is 10.4. The van der Waals surface area contributed by atoms with E-state index < -0.39 is 5.60 Å². The Morgan fingerprint density at radius 3 is 2.94 bits per heavy atom.